The van der Waals surface area contributed by atoms with Crippen LogP contribution in [-0.2, 0) is 6.42 Å². The molecule has 84 valence electrons. The van der Waals surface area contributed by atoms with Crippen molar-refractivity contribution in [3.63, 3.8) is 0 Å². The van der Waals surface area contributed by atoms with E-state index in [0.29, 0.717) is 18.0 Å². The van der Waals surface area contributed by atoms with E-state index in [-0.39, 0.29) is 0 Å². The Balaban J connectivity index is 1.94. The molecule has 3 rings (SSSR count). The van der Waals surface area contributed by atoms with Crippen molar-refractivity contribution < 1.29 is 4.42 Å². The lowest BCUT2D eigenvalue weighted by molar-refractivity contribution is 0.544. The molecule has 0 radical (unpaired) electrons. The quantitative estimate of drug-likeness (QED) is 0.724. The van der Waals surface area contributed by atoms with E-state index in [1.807, 2.05) is 30.3 Å². The van der Waals surface area contributed by atoms with Crippen molar-refractivity contribution in [2.45, 2.75) is 6.42 Å². The first kappa shape index (κ1) is 10.5. The molecular formula is C13H9BrN2O. The lowest BCUT2D eigenvalue weighted by Crippen LogP contribution is -1.87. The van der Waals surface area contributed by atoms with Crippen LogP contribution in [-0.4, -0.2) is 9.97 Å². The van der Waals surface area contributed by atoms with Gasteiger partial charge in [-0.2, -0.15) is 4.98 Å². The van der Waals surface area contributed by atoms with Gasteiger partial charge in [0, 0.05) is 17.1 Å². The highest BCUT2D eigenvalue weighted by Crippen LogP contribution is 2.18. The monoisotopic (exact) mass is 288 g/mol. The average molecular weight is 289 g/mol. The van der Waals surface area contributed by atoms with Crippen LogP contribution < -0.4 is 0 Å². The van der Waals surface area contributed by atoms with Gasteiger partial charge in [-0.15, -0.1) is 0 Å². The molecule has 17 heavy (non-hydrogen) atoms. The first-order chi connectivity index (χ1) is 8.31. The summed E-state index contributed by atoms with van der Waals surface area (Å²) in [5, 5.41) is 0. The molecule has 0 aliphatic carbocycles. The molecule has 0 bridgehead atoms. The zero-order chi connectivity index (χ0) is 11.7. The van der Waals surface area contributed by atoms with E-state index in [9.17, 15) is 0 Å². The summed E-state index contributed by atoms with van der Waals surface area (Å²) in [6.45, 7) is 0. The minimum absolute atomic E-state index is 0.664. The maximum atomic E-state index is 5.62. The van der Waals surface area contributed by atoms with Crippen LogP contribution in [0.15, 0.2) is 51.5 Å². The van der Waals surface area contributed by atoms with Gasteiger partial charge in [-0.1, -0.05) is 28.1 Å². The predicted octanol–water partition coefficient (Wildman–Crippen LogP) is 3.58. The molecule has 0 aliphatic heterocycles. The summed E-state index contributed by atoms with van der Waals surface area (Å²) in [5.41, 5.74) is 2.56. The molecule has 3 nitrogen and oxygen atoms in total. The molecule has 0 unspecified atom stereocenters. The number of fused-ring (bicyclic) bond motifs is 1. The minimum Gasteiger partial charge on any atom is -0.439 e. The molecule has 2 heterocycles. The third-order valence-electron chi connectivity index (χ3n) is 2.45. The summed E-state index contributed by atoms with van der Waals surface area (Å²) in [6.07, 6.45) is 2.39. The normalized spacial score (nSPS) is 10.9. The Hall–Kier alpha value is -1.68. The van der Waals surface area contributed by atoms with Gasteiger partial charge in [0.1, 0.15) is 0 Å². The SMILES string of the molecule is Brc1cccc(Cc2nc3ncccc3o2)c1. The molecule has 0 spiro atoms. The van der Waals surface area contributed by atoms with Crippen molar-refractivity contribution in [3.05, 3.63) is 58.5 Å². The van der Waals surface area contributed by atoms with Crippen LogP contribution in [0.1, 0.15) is 11.5 Å². The number of oxazole rings is 1. The first-order valence-electron chi connectivity index (χ1n) is 5.26. The van der Waals surface area contributed by atoms with Gasteiger partial charge in [0.25, 0.3) is 0 Å². The van der Waals surface area contributed by atoms with E-state index >= 15 is 0 Å². The molecule has 0 amide bonds. The highest BCUT2D eigenvalue weighted by molar-refractivity contribution is 9.10. The van der Waals surface area contributed by atoms with Gasteiger partial charge in [0.2, 0.25) is 5.89 Å². The second kappa shape index (κ2) is 4.30. The number of hydrogen-bond acceptors (Lipinski definition) is 3. The molecule has 2 aromatic heterocycles. The van der Waals surface area contributed by atoms with Crippen LogP contribution in [0.5, 0.6) is 0 Å². The van der Waals surface area contributed by atoms with Crippen molar-refractivity contribution in [1.82, 2.24) is 9.97 Å². The Labute approximate surface area is 107 Å². The number of nitrogens with zero attached hydrogens (tertiary/aromatic N) is 2. The zero-order valence-electron chi connectivity index (χ0n) is 8.93. The van der Waals surface area contributed by atoms with E-state index in [0.717, 1.165) is 15.6 Å². The standard InChI is InChI=1S/C13H9BrN2O/c14-10-4-1-3-9(7-10)8-12-16-13-11(17-12)5-2-6-15-13/h1-7H,8H2. The molecular weight excluding hydrogens is 280 g/mol. The number of aromatic nitrogens is 2. The zero-order valence-corrected chi connectivity index (χ0v) is 10.5. The third-order valence-corrected chi connectivity index (χ3v) is 2.95. The lowest BCUT2D eigenvalue weighted by Gasteiger charge is -1.97. The Bertz CT molecular complexity index is 630. The molecule has 0 N–H and O–H groups in total. The smallest absolute Gasteiger partial charge is 0.201 e. The van der Waals surface area contributed by atoms with Gasteiger partial charge in [0.15, 0.2) is 11.2 Å². The van der Waals surface area contributed by atoms with Gasteiger partial charge in [0.05, 0.1) is 0 Å². The maximum absolute atomic E-state index is 5.62. The molecule has 0 atom stereocenters. The van der Waals surface area contributed by atoms with Crippen LogP contribution in [0, 0.1) is 0 Å². The second-order valence-corrected chi connectivity index (χ2v) is 4.66. The van der Waals surface area contributed by atoms with Crippen LogP contribution in [0.25, 0.3) is 11.2 Å². The molecule has 1 aromatic carbocycles. The molecule has 0 aliphatic rings. The van der Waals surface area contributed by atoms with Crippen LogP contribution in [0.4, 0.5) is 0 Å². The highest BCUT2D eigenvalue weighted by atomic mass is 79.9. The molecule has 0 saturated carbocycles. The summed E-state index contributed by atoms with van der Waals surface area (Å²) >= 11 is 3.45. The molecule has 4 heteroatoms. The highest BCUT2D eigenvalue weighted by Gasteiger charge is 2.06. The summed E-state index contributed by atoms with van der Waals surface area (Å²) in [6, 6.07) is 11.8. The number of halogens is 1. The van der Waals surface area contributed by atoms with E-state index < -0.39 is 0 Å². The van der Waals surface area contributed by atoms with Crippen molar-refractivity contribution >= 4 is 27.2 Å². The van der Waals surface area contributed by atoms with Crippen molar-refractivity contribution in [1.29, 1.82) is 0 Å². The summed E-state index contributed by atoms with van der Waals surface area (Å²) in [5.74, 6) is 0.691. The summed E-state index contributed by atoms with van der Waals surface area (Å²) in [4.78, 5) is 8.49. The molecule has 0 saturated heterocycles. The second-order valence-electron chi connectivity index (χ2n) is 3.74. The Kier molecular flexibility index (Phi) is 2.65. The lowest BCUT2D eigenvalue weighted by atomic mass is 10.1. The number of benzene rings is 1. The fourth-order valence-electron chi connectivity index (χ4n) is 1.71. The minimum atomic E-state index is 0.664. The Morgan fingerprint density at radius 3 is 2.94 bits per heavy atom. The maximum Gasteiger partial charge on any atom is 0.201 e. The number of rotatable bonds is 2. The molecule has 0 fully saturated rings. The number of pyridine rings is 1. The average Bonchev–Trinajstić information content (AvgIpc) is 2.71. The van der Waals surface area contributed by atoms with E-state index in [1.165, 1.54) is 0 Å². The van der Waals surface area contributed by atoms with E-state index in [2.05, 4.69) is 32.0 Å². The fourth-order valence-corrected chi connectivity index (χ4v) is 2.16. The van der Waals surface area contributed by atoms with Crippen molar-refractivity contribution in [3.8, 4) is 0 Å². The van der Waals surface area contributed by atoms with Gasteiger partial charge in [-0.05, 0) is 29.8 Å². The topological polar surface area (TPSA) is 38.9 Å². The fraction of sp³-hybridized carbons (Fsp3) is 0.0769. The van der Waals surface area contributed by atoms with Crippen LogP contribution >= 0.6 is 15.9 Å². The molecule has 3 aromatic rings. The number of hydrogen-bond donors (Lipinski definition) is 0. The Morgan fingerprint density at radius 2 is 2.12 bits per heavy atom. The van der Waals surface area contributed by atoms with Crippen LogP contribution in [0.3, 0.4) is 0 Å². The third kappa shape index (κ3) is 2.22. The predicted molar refractivity (Wildman–Crippen MR) is 68.8 cm³/mol. The Morgan fingerprint density at radius 1 is 1.18 bits per heavy atom. The van der Waals surface area contributed by atoms with E-state index in [1.54, 1.807) is 6.20 Å². The first-order valence-corrected chi connectivity index (χ1v) is 6.05. The largest absolute Gasteiger partial charge is 0.439 e. The van der Waals surface area contributed by atoms with Gasteiger partial charge in [-0.3, -0.25) is 0 Å². The van der Waals surface area contributed by atoms with Gasteiger partial charge < -0.3 is 4.42 Å². The van der Waals surface area contributed by atoms with Gasteiger partial charge in [-0.25, -0.2) is 4.98 Å². The van der Waals surface area contributed by atoms with Crippen molar-refractivity contribution in [2.24, 2.45) is 0 Å². The van der Waals surface area contributed by atoms with Crippen molar-refractivity contribution in [2.75, 3.05) is 0 Å². The van der Waals surface area contributed by atoms with E-state index in [4.69, 9.17) is 4.42 Å². The summed E-state index contributed by atoms with van der Waals surface area (Å²) < 4.78 is 6.68. The summed E-state index contributed by atoms with van der Waals surface area (Å²) in [7, 11) is 0. The van der Waals surface area contributed by atoms with Gasteiger partial charge >= 0.3 is 0 Å². The van der Waals surface area contributed by atoms with Crippen LogP contribution in [0.2, 0.25) is 0 Å².